The molecule has 152 valence electrons. The van der Waals surface area contributed by atoms with Gasteiger partial charge in [-0.15, -0.1) is 0 Å². The summed E-state index contributed by atoms with van der Waals surface area (Å²) in [7, 11) is 0. The van der Waals surface area contributed by atoms with Crippen molar-refractivity contribution in [3.63, 3.8) is 0 Å². The van der Waals surface area contributed by atoms with Crippen molar-refractivity contribution in [2.75, 3.05) is 57.3 Å². The number of hydrogen-bond acceptors (Lipinski definition) is 4. The molecule has 1 aromatic rings. The van der Waals surface area contributed by atoms with E-state index in [9.17, 15) is 9.59 Å². The number of benzene rings is 1. The Balaban J connectivity index is 1.32. The van der Waals surface area contributed by atoms with E-state index >= 15 is 0 Å². The first kappa shape index (κ1) is 19.4. The highest BCUT2D eigenvalue weighted by molar-refractivity contribution is 5.95. The molecule has 3 fully saturated rings. The van der Waals surface area contributed by atoms with Crippen molar-refractivity contribution in [2.24, 2.45) is 0 Å². The molecule has 0 spiro atoms. The first-order valence-corrected chi connectivity index (χ1v) is 10.8. The van der Waals surface area contributed by atoms with Crippen LogP contribution in [0.5, 0.6) is 0 Å². The summed E-state index contributed by atoms with van der Waals surface area (Å²) in [6.07, 6.45) is 3.06. The predicted molar refractivity (Wildman–Crippen MR) is 110 cm³/mol. The number of amides is 2. The molecule has 0 N–H and O–H groups in total. The Morgan fingerprint density at radius 1 is 1.11 bits per heavy atom. The maximum Gasteiger partial charge on any atom is 0.227 e. The van der Waals surface area contributed by atoms with E-state index in [4.69, 9.17) is 0 Å². The largest absolute Gasteiger partial charge is 0.341 e. The predicted octanol–water partition coefficient (Wildman–Crippen LogP) is 1.59. The van der Waals surface area contributed by atoms with Gasteiger partial charge in [0.1, 0.15) is 0 Å². The number of hydrogen-bond donors (Lipinski definition) is 0. The van der Waals surface area contributed by atoms with Crippen LogP contribution in [-0.4, -0.2) is 84.9 Å². The maximum absolute atomic E-state index is 12.9. The monoisotopic (exact) mass is 384 g/mol. The zero-order chi connectivity index (χ0) is 19.5. The molecule has 1 atom stereocenters. The highest BCUT2D eigenvalue weighted by Gasteiger charge is 2.32. The standard InChI is InChI=1S/C22H32N4O2/c1-2-23-11-13-24(14-12-23)20-8-10-25(17-20)22(28)16-18-5-3-6-19(15-18)26-9-4-7-21(26)27/h3,5-6,15,20H,2,4,7-14,16-17H2,1H3. The zero-order valence-corrected chi connectivity index (χ0v) is 17.0. The molecule has 3 saturated heterocycles. The molecule has 2 amide bonds. The Morgan fingerprint density at radius 3 is 2.64 bits per heavy atom. The molecule has 6 nitrogen and oxygen atoms in total. The van der Waals surface area contributed by atoms with Crippen LogP contribution in [0.1, 0.15) is 31.7 Å². The lowest BCUT2D eigenvalue weighted by molar-refractivity contribution is -0.129. The van der Waals surface area contributed by atoms with Gasteiger partial charge in [-0.05, 0) is 37.1 Å². The summed E-state index contributed by atoms with van der Waals surface area (Å²) in [5.41, 5.74) is 1.93. The van der Waals surface area contributed by atoms with E-state index in [1.807, 2.05) is 34.1 Å². The van der Waals surface area contributed by atoms with Crippen molar-refractivity contribution in [1.29, 1.82) is 0 Å². The van der Waals surface area contributed by atoms with Crippen molar-refractivity contribution in [1.82, 2.24) is 14.7 Å². The molecule has 1 aromatic carbocycles. The summed E-state index contributed by atoms with van der Waals surface area (Å²) in [6, 6.07) is 8.46. The van der Waals surface area contributed by atoms with E-state index < -0.39 is 0 Å². The molecule has 3 aliphatic heterocycles. The highest BCUT2D eigenvalue weighted by atomic mass is 16.2. The molecule has 0 aromatic heterocycles. The molecule has 1 unspecified atom stereocenters. The van der Waals surface area contributed by atoms with Gasteiger partial charge < -0.3 is 14.7 Å². The number of piperazine rings is 1. The Labute approximate surface area is 168 Å². The third-order valence-electron chi connectivity index (χ3n) is 6.54. The summed E-state index contributed by atoms with van der Waals surface area (Å²) in [6.45, 7) is 10.4. The van der Waals surface area contributed by atoms with Crippen LogP contribution in [-0.2, 0) is 16.0 Å². The van der Waals surface area contributed by atoms with Gasteiger partial charge in [0.25, 0.3) is 0 Å². The Kier molecular flexibility index (Phi) is 5.97. The molecule has 0 radical (unpaired) electrons. The molecule has 0 saturated carbocycles. The van der Waals surface area contributed by atoms with Crippen LogP contribution in [0.15, 0.2) is 24.3 Å². The molecule has 0 bridgehead atoms. The van der Waals surface area contributed by atoms with E-state index in [1.54, 1.807) is 0 Å². The first-order valence-electron chi connectivity index (χ1n) is 10.8. The summed E-state index contributed by atoms with van der Waals surface area (Å²) < 4.78 is 0. The normalized spacial score (nSPS) is 24.3. The third kappa shape index (κ3) is 4.23. The van der Waals surface area contributed by atoms with Gasteiger partial charge in [-0.2, -0.15) is 0 Å². The Morgan fingerprint density at radius 2 is 1.93 bits per heavy atom. The Bertz CT molecular complexity index is 714. The van der Waals surface area contributed by atoms with Gasteiger partial charge in [0.2, 0.25) is 11.8 Å². The van der Waals surface area contributed by atoms with Gasteiger partial charge >= 0.3 is 0 Å². The van der Waals surface area contributed by atoms with E-state index in [0.717, 1.165) is 76.5 Å². The van der Waals surface area contributed by atoms with Crippen LogP contribution >= 0.6 is 0 Å². The lowest BCUT2D eigenvalue weighted by atomic mass is 10.1. The number of carbonyl (C=O) groups excluding carboxylic acids is 2. The molecule has 3 heterocycles. The smallest absolute Gasteiger partial charge is 0.227 e. The lowest BCUT2D eigenvalue weighted by Crippen LogP contribution is -2.51. The van der Waals surface area contributed by atoms with Crippen LogP contribution in [0.4, 0.5) is 5.69 Å². The summed E-state index contributed by atoms with van der Waals surface area (Å²) in [4.78, 5) is 33.8. The average Bonchev–Trinajstić information content (AvgIpc) is 3.38. The fourth-order valence-electron chi connectivity index (χ4n) is 4.75. The maximum atomic E-state index is 12.9. The fourth-order valence-corrected chi connectivity index (χ4v) is 4.75. The van der Waals surface area contributed by atoms with Gasteiger partial charge in [0.15, 0.2) is 0 Å². The zero-order valence-electron chi connectivity index (χ0n) is 17.0. The number of nitrogens with zero attached hydrogens (tertiary/aromatic N) is 4. The number of likely N-dealkylation sites (tertiary alicyclic amines) is 1. The van der Waals surface area contributed by atoms with Crippen molar-refractivity contribution in [3.05, 3.63) is 29.8 Å². The quantitative estimate of drug-likeness (QED) is 0.774. The number of carbonyl (C=O) groups is 2. The number of likely N-dealkylation sites (N-methyl/N-ethyl adjacent to an activating group) is 1. The van der Waals surface area contributed by atoms with Gasteiger partial charge in [-0.1, -0.05) is 19.1 Å². The minimum atomic E-state index is 0.189. The average molecular weight is 385 g/mol. The topological polar surface area (TPSA) is 47.1 Å². The SMILES string of the molecule is CCN1CCN(C2CCN(C(=O)Cc3cccc(N4CCCC4=O)c3)C2)CC1. The molecule has 4 rings (SSSR count). The van der Waals surface area contributed by atoms with E-state index in [-0.39, 0.29) is 11.8 Å². The first-order chi connectivity index (χ1) is 13.6. The van der Waals surface area contributed by atoms with Crippen LogP contribution in [0.3, 0.4) is 0 Å². The second-order valence-electron chi connectivity index (χ2n) is 8.25. The summed E-state index contributed by atoms with van der Waals surface area (Å²) >= 11 is 0. The number of rotatable bonds is 5. The molecule has 0 aliphatic carbocycles. The van der Waals surface area contributed by atoms with Crippen molar-refractivity contribution in [3.8, 4) is 0 Å². The molecule has 6 heteroatoms. The Hall–Kier alpha value is -1.92. The van der Waals surface area contributed by atoms with Crippen LogP contribution < -0.4 is 4.90 Å². The van der Waals surface area contributed by atoms with Gasteiger partial charge in [-0.3, -0.25) is 14.5 Å². The third-order valence-corrected chi connectivity index (χ3v) is 6.54. The number of anilines is 1. The van der Waals surface area contributed by atoms with E-state index in [0.29, 0.717) is 18.9 Å². The minimum absolute atomic E-state index is 0.189. The van der Waals surface area contributed by atoms with Crippen molar-refractivity contribution < 1.29 is 9.59 Å². The second-order valence-corrected chi connectivity index (χ2v) is 8.25. The van der Waals surface area contributed by atoms with Gasteiger partial charge in [-0.25, -0.2) is 0 Å². The van der Waals surface area contributed by atoms with E-state index in [2.05, 4.69) is 16.7 Å². The van der Waals surface area contributed by atoms with Crippen LogP contribution in [0.25, 0.3) is 0 Å². The second kappa shape index (κ2) is 8.62. The highest BCUT2D eigenvalue weighted by Crippen LogP contribution is 2.23. The van der Waals surface area contributed by atoms with E-state index in [1.165, 1.54) is 0 Å². The van der Waals surface area contributed by atoms with Gasteiger partial charge in [0.05, 0.1) is 6.42 Å². The molecular formula is C22H32N4O2. The van der Waals surface area contributed by atoms with Crippen molar-refractivity contribution in [2.45, 2.75) is 38.6 Å². The summed E-state index contributed by atoms with van der Waals surface area (Å²) in [5.74, 6) is 0.397. The van der Waals surface area contributed by atoms with Crippen LogP contribution in [0, 0.1) is 0 Å². The van der Waals surface area contributed by atoms with Crippen molar-refractivity contribution >= 4 is 17.5 Å². The minimum Gasteiger partial charge on any atom is -0.341 e. The van der Waals surface area contributed by atoms with Crippen LogP contribution in [0.2, 0.25) is 0 Å². The summed E-state index contributed by atoms with van der Waals surface area (Å²) in [5, 5.41) is 0. The fraction of sp³-hybridized carbons (Fsp3) is 0.636. The van der Waals surface area contributed by atoms with Gasteiger partial charge in [0, 0.05) is 64.0 Å². The molecule has 28 heavy (non-hydrogen) atoms. The molecular weight excluding hydrogens is 352 g/mol. The molecule has 3 aliphatic rings. The lowest BCUT2D eigenvalue weighted by Gasteiger charge is -2.37.